The maximum absolute atomic E-state index is 11.7. The molecule has 1 unspecified atom stereocenters. The van der Waals surface area contributed by atoms with Gasteiger partial charge in [0.15, 0.2) is 0 Å². The van der Waals surface area contributed by atoms with Crippen LogP contribution in [-0.2, 0) is 9.31 Å². The van der Waals surface area contributed by atoms with Gasteiger partial charge in [0.2, 0.25) is 0 Å². The van der Waals surface area contributed by atoms with Crippen LogP contribution in [0.4, 0.5) is 0 Å². The van der Waals surface area contributed by atoms with Crippen molar-refractivity contribution in [2.45, 2.75) is 45.3 Å². The predicted octanol–water partition coefficient (Wildman–Crippen LogP) is 1.26. The maximum atomic E-state index is 11.7. The Bertz CT molecular complexity index is 643. The highest BCUT2D eigenvalue weighted by molar-refractivity contribution is 6.62. The summed E-state index contributed by atoms with van der Waals surface area (Å²) in [6.07, 6.45) is 0.820. The van der Waals surface area contributed by atoms with Gasteiger partial charge in [-0.1, -0.05) is 13.0 Å². The molecule has 2 aliphatic rings. The number of hydrogen-bond donors (Lipinski definition) is 1. The second kappa shape index (κ2) is 4.42. The molecule has 1 aromatic carbocycles. The summed E-state index contributed by atoms with van der Waals surface area (Å²) in [7, 11) is -0.529. The molecule has 110 valence electrons. The Balaban J connectivity index is 1.95. The van der Waals surface area contributed by atoms with Gasteiger partial charge in [-0.05, 0) is 44.8 Å². The molecule has 0 radical (unpaired) electrons. The maximum Gasteiger partial charge on any atom is 0.494 e. The molecule has 0 aliphatic carbocycles. The van der Waals surface area contributed by atoms with Gasteiger partial charge < -0.3 is 9.31 Å². The number of nitrogens with one attached hydrogen (secondary N) is 1. The Labute approximate surface area is 124 Å². The van der Waals surface area contributed by atoms with E-state index in [1.165, 1.54) is 0 Å². The number of imide groups is 1. The van der Waals surface area contributed by atoms with Gasteiger partial charge in [0.25, 0.3) is 11.8 Å². The number of benzene rings is 1. The Morgan fingerprint density at radius 2 is 1.76 bits per heavy atom. The smallest absolute Gasteiger partial charge is 0.399 e. The predicted molar refractivity (Wildman–Crippen MR) is 78.6 cm³/mol. The molecule has 2 heterocycles. The van der Waals surface area contributed by atoms with E-state index in [4.69, 9.17) is 9.31 Å². The van der Waals surface area contributed by atoms with Crippen LogP contribution in [0.5, 0.6) is 0 Å². The second-order valence-corrected chi connectivity index (χ2v) is 6.25. The summed E-state index contributed by atoms with van der Waals surface area (Å²) >= 11 is 0. The number of rotatable bonds is 2. The van der Waals surface area contributed by atoms with E-state index in [-0.39, 0.29) is 11.8 Å². The molecule has 2 aliphatic heterocycles. The summed E-state index contributed by atoms with van der Waals surface area (Å²) < 4.78 is 12.1. The SMILES string of the molecule is CCC1(C)OB(c2ccc3c(c2)C(=O)NC3=O)OC1(C)C. The van der Waals surface area contributed by atoms with Gasteiger partial charge >= 0.3 is 7.12 Å². The molecule has 3 rings (SSSR count). The van der Waals surface area contributed by atoms with Gasteiger partial charge in [-0.3, -0.25) is 14.9 Å². The third kappa shape index (κ3) is 2.01. The monoisotopic (exact) mass is 287 g/mol. The fraction of sp³-hybridized carbons (Fsp3) is 0.467. The zero-order chi connectivity index (χ0) is 15.4. The van der Waals surface area contributed by atoms with Crippen LogP contribution in [0.2, 0.25) is 0 Å². The van der Waals surface area contributed by atoms with Crippen molar-refractivity contribution in [3.63, 3.8) is 0 Å². The quantitative estimate of drug-likeness (QED) is 0.657. The minimum absolute atomic E-state index is 0.353. The molecule has 0 aromatic heterocycles. The lowest BCUT2D eigenvalue weighted by atomic mass is 9.78. The van der Waals surface area contributed by atoms with Crippen LogP contribution in [0, 0.1) is 0 Å². The highest BCUT2D eigenvalue weighted by atomic mass is 16.7. The van der Waals surface area contributed by atoms with Gasteiger partial charge in [0.05, 0.1) is 22.3 Å². The van der Waals surface area contributed by atoms with Gasteiger partial charge in [-0.25, -0.2) is 0 Å². The highest BCUT2D eigenvalue weighted by Gasteiger charge is 2.53. The van der Waals surface area contributed by atoms with E-state index >= 15 is 0 Å². The molecular formula is C15H18BNO4. The van der Waals surface area contributed by atoms with Crippen LogP contribution in [0.3, 0.4) is 0 Å². The zero-order valence-electron chi connectivity index (χ0n) is 12.6. The fourth-order valence-electron chi connectivity index (χ4n) is 2.77. The molecule has 1 atom stereocenters. The first-order valence-electron chi connectivity index (χ1n) is 7.13. The Kier molecular flexibility index (Phi) is 3.01. The van der Waals surface area contributed by atoms with Crippen molar-refractivity contribution in [1.82, 2.24) is 5.32 Å². The fourth-order valence-corrected chi connectivity index (χ4v) is 2.77. The number of amides is 2. The molecule has 0 saturated carbocycles. The number of hydrogen-bond acceptors (Lipinski definition) is 4. The van der Waals surface area contributed by atoms with Crippen molar-refractivity contribution >= 4 is 24.4 Å². The number of fused-ring (bicyclic) bond motifs is 1. The lowest BCUT2D eigenvalue weighted by Crippen LogP contribution is -2.44. The standard InChI is InChI=1S/C15H18BNO4/c1-5-15(4)14(2,3)20-16(21-15)9-6-7-10-11(8-9)13(19)17-12(10)18/h6-8H,5H2,1-4H3,(H,17,18,19). The molecule has 0 spiro atoms. The molecule has 2 amide bonds. The van der Waals surface area contributed by atoms with E-state index in [0.29, 0.717) is 11.1 Å². The third-order valence-electron chi connectivity index (χ3n) is 4.75. The van der Waals surface area contributed by atoms with Crippen molar-refractivity contribution in [1.29, 1.82) is 0 Å². The van der Waals surface area contributed by atoms with Crippen LogP contribution < -0.4 is 10.8 Å². The summed E-state index contributed by atoms with van der Waals surface area (Å²) in [6.45, 7) is 8.08. The summed E-state index contributed by atoms with van der Waals surface area (Å²) in [6, 6.07) is 5.10. The first-order chi connectivity index (χ1) is 9.77. The van der Waals surface area contributed by atoms with E-state index < -0.39 is 18.3 Å². The lowest BCUT2D eigenvalue weighted by molar-refractivity contribution is -0.0118. The van der Waals surface area contributed by atoms with Gasteiger partial charge in [-0.15, -0.1) is 0 Å². The molecule has 1 aromatic rings. The van der Waals surface area contributed by atoms with Crippen LogP contribution in [-0.4, -0.2) is 30.1 Å². The van der Waals surface area contributed by atoms with Crippen LogP contribution >= 0.6 is 0 Å². The van der Waals surface area contributed by atoms with Gasteiger partial charge in [0, 0.05) is 0 Å². The average Bonchev–Trinajstić information content (AvgIpc) is 2.85. The first kappa shape index (κ1) is 14.3. The van der Waals surface area contributed by atoms with E-state index in [2.05, 4.69) is 12.2 Å². The van der Waals surface area contributed by atoms with Crippen molar-refractivity contribution < 1.29 is 18.9 Å². The minimum atomic E-state index is -0.529. The van der Waals surface area contributed by atoms with Crippen molar-refractivity contribution in [3.05, 3.63) is 29.3 Å². The topological polar surface area (TPSA) is 64.6 Å². The molecule has 6 heteroatoms. The normalized spacial score (nSPS) is 27.0. The summed E-state index contributed by atoms with van der Waals surface area (Å²) in [5.74, 6) is -0.721. The van der Waals surface area contributed by atoms with Crippen LogP contribution in [0.1, 0.15) is 54.8 Å². The first-order valence-corrected chi connectivity index (χ1v) is 7.13. The Morgan fingerprint density at radius 1 is 1.10 bits per heavy atom. The molecule has 1 N–H and O–H groups in total. The number of carbonyl (C=O) groups excluding carboxylic acids is 2. The summed E-state index contributed by atoms with van der Waals surface area (Å²) in [5.41, 5.74) is 0.717. The lowest BCUT2D eigenvalue weighted by Gasteiger charge is -2.35. The van der Waals surface area contributed by atoms with Gasteiger partial charge in [0.1, 0.15) is 0 Å². The van der Waals surface area contributed by atoms with Crippen molar-refractivity contribution in [2.24, 2.45) is 0 Å². The van der Waals surface area contributed by atoms with Crippen molar-refractivity contribution in [3.8, 4) is 0 Å². The number of carbonyl (C=O) groups is 2. The van der Waals surface area contributed by atoms with E-state index in [0.717, 1.165) is 11.9 Å². The Morgan fingerprint density at radius 3 is 2.38 bits per heavy atom. The largest absolute Gasteiger partial charge is 0.494 e. The van der Waals surface area contributed by atoms with E-state index in [1.807, 2.05) is 20.8 Å². The highest BCUT2D eigenvalue weighted by Crippen LogP contribution is 2.39. The molecular weight excluding hydrogens is 269 g/mol. The van der Waals surface area contributed by atoms with E-state index in [1.54, 1.807) is 18.2 Å². The van der Waals surface area contributed by atoms with Gasteiger partial charge in [-0.2, -0.15) is 0 Å². The second-order valence-electron chi connectivity index (χ2n) is 6.25. The summed E-state index contributed by atoms with van der Waals surface area (Å²) in [5, 5.41) is 2.28. The molecule has 5 nitrogen and oxygen atoms in total. The third-order valence-corrected chi connectivity index (χ3v) is 4.75. The average molecular weight is 287 g/mol. The minimum Gasteiger partial charge on any atom is -0.399 e. The summed E-state index contributed by atoms with van der Waals surface area (Å²) in [4.78, 5) is 23.3. The molecule has 21 heavy (non-hydrogen) atoms. The van der Waals surface area contributed by atoms with Crippen molar-refractivity contribution in [2.75, 3.05) is 0 Å². The molecule has 1 saturated heterocycles. The van der Waals surface area contributed by atoms with Crippen LogP contribution in [0.15, 0.2) is 18.2 Å². The van der Waals surface area contributed by atoms with Crippen LogP contribution in [0.25, 0.3) is 0 Å². The van der Waals surface area contributed by atoms with E-state index in [9.17, 15) is 9.59 Å². The molecule has 1 fully saturated rings. The zero-order valence-corrected chi connectivity index (χ0v) is 12.6. The Hall–Kier alpha value is -1.66. The molecule has 0 bridgehead atoms.